The van der Waals surface area contributed by atoms with Crippen molar-refractivity contribution in [3.8, 4) is 0 Å². The monoisotopic (exact) mass is 338 g/mol. The molecular weight excluding hydrogens is 312 g/mol. The second kappa shape index (κ2) is 8.47. The van der Waals surface area contributed by atoms with Crippen LogP contribution in [0.4, 0.5) is 5.69 Å². The number of hydrogen-bond donors (Lipinski definition) is 2. The van der Waals surface area contributed by atoms with Gasteiger partial charge in [0.2, 0.25) is 5.91 Å². The van der Waals surface area contributed by atoms with Crippen LogP contribution >= 0.6 is 0 Å². The molecule has 0 saturated carbocycles. The van der Waals surface area contributed by atoms with Crippen molar-refractivity contribution in [2.45, 2.75) is 40.0 Å². The zero-order valence-electron chi connectivity index (χ0n) is 15.3. The predicted octanol–water partition coefficient (Wildman–Crippen LogP) is 4.19. The van der Waals surface area contributed by atoms with Crippen LogP contribution in [0, 0.1) is 13.8 Å². The molecule has 4 heteroatoms. The van der Waals surface area contributed by atoms with Crippen molar-refractivity contribution in [3.05, 3.63) is 64.7 Å². The lowest BCUT2D eigenvalue weighted by molar-refractivity contribution is -0.116. The lowest BCUT2D eigenvalue weighted by Crippen LogP contribution is -2.28. The number of para-hydroxylation sites is 1. The molecule has 0 fully saturated rings. The largest absolute Gasteiger partial charge is 0.352 e. The fraction of sp³-hybridized carbons (Fsp3) is 0.333. The van der Waals surface area contributed by atoms with E-state index in [1.807, 2.05) is 50.2 Å². The number of aryl methyl sites for hydroxylation is 2. The molecule has 2 aromatic rings. The van der Waals surface area contributed by atoms with Crippen molar-refractivity contribution in [1.29, 1.82) is 0 Å². The summed E-state index contributed by atoms with van der Waals surface area (Å²) in [5.41, 5.74) is 4.69. The maximum atomic E-state index is 12.2. The molecule has 2 N–H and O–H groups in total. The normalized spacial score (nSPS) is 10.6. The Labute approximate surface area is 149 Å². The lowest BCUT2D eigenvalue weighted by Gasteiger charge is -2.16. The first kappa shape index (κ1) is 18.7. The fourth-order valence-corrected chi connectivity index (χ4v) is 2.72. The van der Waals surface area contributed by atoms with Crippen molar-refractivity contribution < 1.29 is 9.59 Å². The molecule has 25 heavy (non-hydrogen) atoms. The van der Waals surface area contributed by atoms with Crippen LogP contribution in [-0.2, 0) is 4.79 Å². The van der Waals surface area contributed by atoms with E-state index in [9.17, 15) is 9.59 Å². The predicted molar refractivity (Wildman–Crippen MR) is 102 cm³/mol. The molecule has 0 bridgehead atoms. The van der Waals surface area contributed by atoms with E-state index in [-0.39, 0.29) is 18.2 Å². The molecule has 0 saturated heterocycles. The maximum absolute atomic E-state index is 12.2. The van der Waals surface area contributed by atoms with Gasteiger partial charge in [-0.05, 0) is 43.0 Å². The third kappa shape index (κ3) is 5.18. The summed E-state index contributed by atoms with van der Waals surface area (Å²) >= 11 is 0. The van der Waals surface area contributed by atoms with Gasteiger partial charge in [-0.2, -0.15) is 0 Å². The Morgan fingerprint density at radius 2 is 1.76 bits per heavy atom. The van der Waals surface area contributed by atoms with E-state index in [4.69, 9.17) is 0 Å². The van der Waals surface area contributed by atoms with Crippen molar-refractivity contribution in [3.63, 3.8) is 0 Å². The van der Waals surface area contributed by atoms with Gasteiger partial charge in [-0.25, -0.2) is 0 Å². The van der Waals surface area contributed by atoms with E-state index in [0.717, 1.165) is 22.4 Å². The zero-order chi connectivity index (χ0) is 18.4. The van der Waals surface area contributed by atoms with Crippen LogP contribution in [0.15, 0.2) is 42.5 Å². The van der Waals surface area contributed by atoms with Gasteiger partial charge in [0.1, 0.15) is 0 Å². The quantitative estimate of drug-likeness (QED) is 0.830. The van der Waals surface area contributed by atoms with Crippen LogP contribution in [0.1, 0.15) is 53.2 Å². The first-order valence-electron chi connectivity index (χ1n) is 8.62. The summed E-state index contributed by atoms with van der Waals surface area (Å²) in [5, 5.41) is 5.79. The minimum absolute atomic E-state index is 0.0965. The highest BCUT2D eigenvalue weighted by Crippen LogP contribution is 2.27. The molecule has 2 aromatic carbocycles. The Balaban J connectivity index is 1.91. The van der Waals surface area contributed by atoms with Gasteiger partial charge in [0.05, 0.1) is 0 Å². The summed E-state index contributed by atoms with van der Waals surface area (Å²) in [6.07, 6.45) is 0.240. The Morgan fingerprint density at radius 1 is 1.04 bits per heavy atom. The van der Waals surface area contributed by atoms with Crippen LogP contribution in [0.3, 0.4) is 0 Å². The first-order valence-corrected chi connectivity index (χ1v) is 8.62. The second-order valence-corrected chi connectivity index (χ2v) is 6.62. The van der Waals surface area contributed by atoms with Crippen molar-refractivity contribution >= 4 is 17.5 Å². The molecule has 0 radical (unpaired) electrons. The zero-order valence-corrected chi connectivity index (χ0v) is 15.3. The van der Waals surface area contributed by atoms with E-state index in [1.54, 1.807) is 6.07 Å². The number of carbonyl (C=O) groups is 2. The summed E-state index contributed by atoms with van der Waals surface area (Å²) in [6, 6.07) is 13.4. The van der Waals surface area contributed by atoms with E-state index in [0.29, 0.717) is 18.0 Å². The molecule has 2 amide bonds. The van der Waals surface area contributed by atoms with Crippen LogP contribution in [0.2, 0.25) is 0 Å². The molecule has 0 spiro atoms. The van der Waals surface area contributed by atoms with Gasteiger partial charge < -0.3 is 10.6 Å². The molecule has 0 aromatic heterocycles. The standard InChI is InChI=1S/C21H26N2O2/c1-14(2)18-10-6-8-16(4)20(18)23-19(24)11-12-22-21(25)17-9-5-7-15(3)13-17/h5-10,13-14H,11-12H2,1-4H3,(H,22,25)(H,23,24). The number of rotatable bonds is 6. The average Bonchev–Trinajstić information content (AvgIpc) is 2.56. The Morgan fingerprint density at radius 3 is 2.44 bits per heavy atom. The maximum Gasteiger partial charge on any atom is 0.251 e. The molecular formula is C21H26N2O2. The van der Waals surface area contributed by atoms with Crippen molar-refractivity contribution in [2.24, 2.45) is 0 Å². The minimum Gasteiger partial charge on any atom is -0.352 e. The number of hydrogen-bond acceptors (Lipinski definition) is 2. The smallest absolute Gasteiger partial charge is 0.251 e. The average molecular weight is 338 g/mol. The van der Waals surface area contributed by atoms with Crippen molar-refractivity contribution in [1.82, 2.24) is 5.32 Å². The van der Waals surface area contributed by atoms with Gasteiger partial charge in [0.25, 0.3) is 5.91 Å². The highest BCUT2D eigenvalue weighted by atomic mass is 16.2. The van der Waals surface area contributed by atoms with E-state index < -0.39 is 0 Å². The first-order chi connectivity index (χ1) is 11.9. The number of carbonyl (C=O) groups excluding carboxylic acids is 2. The van der Waals surface area contributed by atoms with Crippen LogP contribution in [0.5, 0.6) is 0 Å². The number of anilines is 1. The molecule has 4 nitrogen and oxygen atoms in total. The molecule has 0 heterocycles. The number of benzene rings is 2. The molecule has 0 atom stereocenters. The van der Waals surface area contributed by atoms with Crippen molar-refractivity contribution in [2.75, 3.05) is 11.9 Å². The summed E-state index contributed by atoms with van der Waals surface area (Å²) in [6.45, 7) is 8.44. The van der Waals surface area contributed by atoms with E-state index >= 15 is 0 Å². The Bertz CT molecular complexity index is 766. The number of amides is 2. The molecule has 2 rings (SSSR count). The summed E-state index contributed by atoms with van der Waals surface area (Å²) in [7, 11) is 0. The van der Waals surface area contributed by atoms with Gasteiger partial charge in [-0.3, -0.25) is 9.59 Å². The Kier molecular flexibility index (Phi) is 6.34. The summed E-state index contributed by atoms with van der Waals surface area (Å²) < 4.78 is 0. The van der Waals surface area contributed by atoms with Gasteiger partial charge in [-0.1, -0.05) is 49.7 Å². The van der Waals surface area contributed by atoms with Crippen LogP contribution < -0.4 is 10.6 Å². The third-order valence-corrected chi connectivity index (χ3v) is 4.11. The van der Waals surface area contributed by atoms with Gasteiger partial charge in [0, 0.05) is 24.2 Å². The van der Waals surface area contributed by atoms with Gasteiger partial charge in [0.15, 0.2) is 0 Å². The minimum atomic E-state index is -0.157. The topological polar surface area (TPSA) is 58.2 Å². The summed E-state index contributed by atoms with van der Waals surface area (Å²) in [5.74, 6) is 0.0761. The Hall–Kier alpha value is -2.62. The van der Waals surface area contributed by atoms with E-state index in [1.165, 1.54) is 0 Å². The third-order valence-electron chi connectivity index (χ3n) is 4.11. The summed E-state index contributed by atoms with van der Waals surface area (Å²) in [4.78, 5) is 24.3. The van der Waals surface area contributed by atoms with Gasteiger partial charge in [-0.15, -0.1) is 0 Å². The van der Waals surface area contributed by atoms with Crippen LogP contribution in [-0.4, -0.2) is 18.4 Å². The molecule has 132 valence electrons. The lowest BCUT2D eigenvalue weighted by atomic mass is 9.98. The molecule has 0 unspecified atom stereocenters. The highest BCUT2D eigenvalue weighted by Gasteiger charge is 2.12. The molecule has 0 aliphatic carbocycles. The molecule has 0 aliphatic rings. The molecule has 0 aliphatic heterocycles. The fourth-order valence-electron chi connectivity index (χ4n) is 2.72. The number of nitrogens with one attached hydrogen (secondary N) is 2. The van der Waals surface area contributed by atoms with Crippen LogP contribution in [0.25, 0.3) is 0 Å². The highest BCUT2D eigenvalue weighted by molar-refractivity contribution is 5.95. The SMILES string of the molecule is Cc1cccc(C(=O)NCCC(=O)Nc2c(C)cccc2C(C)C)c1. The second-order valence-electron chi connectivity index (χ2n) is 6.62. The van der Waals surface area contributed by atoms with E-state index in [2.05, 4.69) is 24.5 Å². The van der Waals surface area contributed by atoms with Gasteiger partial charge >= 0.3 is 0 Å².